The number of aryl methyl sites for hydroxylation is 1. The Morgan fingerprint density at radius 2 is 2.25 bits per heavy atom. The highest BCUT2D eigenvalue weighted by atomic mass is 19.1. The molecule has 9 nitrogen and oxygen atoms in total. The van der Waals surface area contributed by atoms with Crippen molar-refractivity contribution in [3.05, 3.63) is 41.7 Å². The van der Waals surface area contributed by atoms with Crippen molar-refractivity contribution < 1.29 is 13.9 Å². The average molecular weight is 442 g/mol. The van der Waals surface area contributed by atoms with Gasteiger partial charge in [-0.15, -0.1) is 0 Å². The minimum absolute atomic E-state index is 0.186. The molecule has 1 saturated heterocycles. The number of imidazole rings is 1. The normalized spacial score (nSPS) is 16.2. The molecule has 4 heterocycles. The number of fused-ring (bicyclic) bond motifs is 1. The van der Waals surface area contributed by atoms with Crippen LogP contribution in [-0.4, -0.2) is 58.5 Å². The van der Waals surface area contributed by atoms with Crippen LogP contribution in [0.25, 0.3) is 5.65 Å². The van der Waals surface area contributed by atoms with Gasteiger partial charge in [-0.2, -0.15) is 4.98 Å². The van der Waals surface area contributed by atoms with Crippen LogP contribution in [0.5, 0.6) is 5.88 Å². The van der Waals surface area contributed by atoms with E-state index in [1.807, 2.05) is 18.9 Å². The summed E-state index contributed by atoms with van der Waals surface area (Å²) in [7, 11) is 1.94. The quantitative estimate of drug-likeness (QED) is 0.582. The number of pyridine rings is 1. The van der Waals surface area contributed by atoms with E-state index in [0.717, 1.165) is 32.5 Å². The molecule has 3 aromatic heterocycles. The van der Waals surface area contributed by atoms with Gasteiger partial charge in [0.1, 0.15) is 5.56 Å². The standard InChI is InChI=1S/C22H28FN7O2/c1-4-32-21-17(10-25-22(28-21)29(3)12-15-6-5-7-24-9-15)20(31)27-16-8-18(23)19-26-14(2)11-30(19)13-16/h8,10-11,13,15,24H,4-7,9,12H2,1-3H3,(H,27,31). The van der Waals surface area contributed by atoms with E-state index in [2.05, 4.69) is 25.6 Å². The minimum atomic E-state index is -0.522. The van der Waals surface area contributed by atoms with Gasteiger partial charge in [-0.3, -0.25) is 4.79 Å². The summed E-state index contributed by atoms with van der Waals surface area (Å²) in [5.41, 5.74) is 1.37. The highest BCUT2D eigenvalue weighted by Gasteiger charge is 2.21. The molecule has 10 heteroatoms. The maximum Gasteiger partial charge on any atom is 0.262 e. The Bertz CT molecular complexity index is 1110. The lowest BCUT2D eigenvalue weighted by Gasteiger charge is -2.27. The average Bonchev–Trinajstić information content (AvgIpc) is 3.15. The SMILES string of the molecule is CCOc1nc(N(C)CC2CCCNC2)ncc1C(=O)Nc1cc(F)c2nc(C)cn2c1. The zero-order valence-corrected chi connectivity index (χ0v) is 18.6. The lowest BCUT2D eigenvalue weighted by atomic mass is 9.99. The molecule has 0 aliphatic carbocycles. The second kappa shape index (κ2) is 9.47. The summed E-state index contributed by atoms with van der Waals surface area (Å²) in [5.74, 6) is 0.217. The number of nitrogens with one attached hydrogen (secondary N) is 2. The fourth-order valence-corrected chi connectivity index (χ4v) is 3.94. The van der Waals surface area contributed by atoms with Gasteiger partial charge in [0.05, 0.1) is 18.0 Å². The molecule has 0 spiro atoms. The Labute approximate surface area is 186 Å². The van der Waals surface area contributed by atoms with Crippen molar-refractivity contribution in [1.82, 2.24) is 24.7 Å². The molecule has 0 saturated carbocycles. The molecule has 1 fully saturated rings. The van der Waals surface area contributed by atoms with Crippen molar-refractivity contribution in [3.63, 3.8) is 0 Å². The van der Waals surface area contributed by atoms with E-state index in [0.29, 0.717) is 29.9 Å². The molecule has 3 aromatic rings. The van der Waals surface area contributed by atoms with Crippen LogP contribution in [0.15, 0.2) is 24.7 Å². The summed E-state index contributed by atoms with van der Waals surface area (Å²) < 4.78 is 21.5. The van der Waals surface area contributed by atoms with Crippen LogP contribution in [0, 0.1) is 18.7 Å². The van der Waals surface area contributed by atoms with Gasteiger partial charge in [0.15, 0.2) is 11.5 Å². The third kappa shape index (κ3) is 4.80. The monoisotopic (exact) mass is 441 g/mol. The van der Waals surface area contributed by atoms with E-state index < -0.39 is 11.7 Å². The Balaban J connectivity index is 1.53. The van der Waals surface area contributed by atoms with Gasteiger partial charge >= 0.3 is 0 Å². The van der Waals surface area contributed by atoms with Crippen molar-refractivity contribution in [2.24, 2.45) is 5.92 Å². The highest BCUT2D eigenvalue weighted by molar-refractivity contribution is 6.05. The van der Waals surface area contributed by atoms with E-state index in [-0.39, 0.29) is 17.1 Å². The molecule has 2 N–H and O–H groups in total. The van der Waals surface area contributed by atoms with Gasteiger partial charge in [0, 0.05) is 38.2 Å². The van der Waals surface area contributed by atoms with Crippen LogP contribution in [0.4, 0.5) is 16.0 Å². The first-order valence-corrected chi connectivity index (χ1v) is 10.8. The van der Waals surface area contributed by atoms with Gasteiger partial charge in [-0.25, -0.2) is 14.4 Å². The van der Waals surface area contributed by atoms with Gasteiger partial charge in [-0.1, -0.05) is 0 Å². The van der Waals surface area contributed by atoms with Crippen LogP contribution in [0.1, 0.15) is 35.8 Å². The zero-order valence-electron chi connectivity index (χ0n) is 18.6. The van der Waals surface area contributed by atoms with Crippen LogP contribution in [-0.2, 0) is 0 Å². The molecule has 4 rings (SSSR count). The number of ether oxygens (including phenoxy) is 1. The topological polar surface area (TPSA) is 96.7 Å². The summed E-state index contributed by atoms with van der Waals surface area (Å²) in [6, 6.07) is 1.24. The lowest BCUT2D eigenvalue weighted by Crippen LogP contribution is -2.37. The largest absolute Gasteiger partial charge is 0.477 e. The zero-order chi connectivity index (χ0) is 22.7. The van der Waals surface area contributed by atoms with Gasteiger partial charge < -0.3 is 24.7 Å². The smallest absolute Gasteiger partial charge is 0.262 e. The number of rotatable bonds is 7. The third-order valence-corrected chi connectivity index (χ3v) is 5.42. The Kier molecular flexibility index (Phi) is 6.50. The van der Waals surface area contributed by atoms with Crippen LogP contribution in [0.2, 0.25) is 0 Å². The van der Waals surface area contributed by atoms with Crippen molar-refractivity contribution in [2.45, 2.75) is 26.7 Å². The fourth-order valence-electron chi connectivity index (χ4n) is 3.94. The molecule has 1 unspecified atom stereocenters. The molecule has 1 aliphatic rings. The molecule has 1 aliphatic heterocycles. The van der Waals surface area contributed by atoms with Gasteiger partial charge in [-0.05, 0) is 45.7 Å². The predicted octanol–water partition coefficient (Wildman–Crippen LogP) is 2.66. The molecule has 1 amide bonds. The number of anilines is 2. The molecule has 0 bridgehead atoms. The molecule has 0 aromatic carbocycles. The Morgan fingerprint density at radius 1 is 1.41 bits per heavy atom. The number of aromatic nitrogens is 4. The van der Waals surface area contributed by atoms with Crippen molar-refractivity contribution >= 4 is 23.2 Å². The number of hydrogen-bond donors (Lipinski definition) is 2. The van der Waals surface area contributed by atoms with E-state index in [1.54, 1.807) is 23.7 Å². The first-order chi connectivity index (χ1) is 15.4. The number of carbonyl (C=O) groups excluding carboxylic acids is 1. The Morgan fingerprint density at radius 3 is 3.00 bits per heavy atom. The molecule has 170 valence electrons. The van der Waals surface area contributed by atoms with Crippen LogP contribution >= 0.6 is 0 Å². The van der Waals surface area contributed by atoms with E-state index in [4.69, 9.17) is 4.74 Å². The molecule has 0 radical (unpaired) electrons. The fraction of sp³-hybridized carbons (Fsp3) is 0.455. The lowest BCUT2D eigenvalue weighted by molar-refractivity contribution is 0.102. The first-order valence-electron chi connectivity index (χ1n) is 10.8. The number of amides is 1. The highest BCUT2D eigenvalue weighted by Crippen LogP contribution is 2.22. The number of halogens is 1. The molecular formula is C22H28FN7O2. The summed E-state index contributed by atoms with van der Waals surface area (Å²) in [4.78, 5) is 27.9. The van der Waals surface area contributed by atoms with Crippen molar-refractivity contribution in [1.29, 1.82) is 0 Å². The van der Waals surface area contributed by atoms with E-state index in [9.17, 15) is 9.18 Å². The minimum Gasteiger partial charge on any atom is -0.477 e. The van der Waals surface area contributed by atoms with Crippen molar-refractivity contribution in [2.75, 3.05) is 43.5 Å². The molecule has 32 heavy (non-hydrogen) atoms. The number of carbonyl (C=O) groups is 1. The summed E-state index contributed by atoms with van der Waals surface area (Å²) >= 11 is 0. The second-order valence-corrected chi connectivity index (χ2v) is 8.06. The third-order valence-electron chi connectivity index (χ3n) is 5.42. The maximum absolute atomic E-state index is 14.4. The van der Waals surface area contributed by atoms with E-state index in [1.165, 1.54) is 12.3 Å². The number of hydrogen-bond acceptors (Lipinski definition) is 7. The van der Waals surface area contributed by atoms with E-state index >= 15 is 0 Å². The summed E-state index contributed by atoms with van der Waals surface area (Å²) in [5, 5.41) is 6.11. The van der Waals surface area contributed by atoms with Gasteiger partial charge in [0.2, 0.25) is 11.8 Å². The number of piperidine rings is 1. The molecule has 1 atom stereocenters. The molecular weight excluding hydrogens is 413 g/mol. The first kappa shape index (κ1) is 21.9. The van der Waals surface area contributed by atoms with Crippen LogP contribution in [0.3, 0.4) is 0 Å². The van der Waals surface area contributed by atoms with Gasteiger partial charge in [0.25, 0.3) is 5.91 Å². The maximum atomic E-state index is 14.4. The van der Waals surface area contributed by atoms with Crippen LogP contribution < -0.4 is 20.3 Å². The summed E-state index contributed by atoms with van der Waals surface area (Å²) in [6.07, 6.45) is 7.07. The van der Waals surface area contributed by atoms with Crippen molar-refractivity contribution in [3.8, 4) is 5.88 Å². The predicted molar refractivity (Wildman–Crippen MR) is 120 cm³/mol. The number of nitrogens with zero attached hydrogens (tertiary/aromatic N) is 5. The second-order valence-electron chi connectivity index (χ2n) is 8.06. The Hall–Kier alpha value is -3.27. The summed E-state index contributed by atoms with van der Waals surface area (Å²) in [6.45, 7) is 6.80.